The molecule has 0 saturated carbocycles. The Morgan fingerprint density at radius 3 is 2.16 bits per heavy atom. The molecule has 0 saturated heterocycles. The second-order valence-electron chi connectivity index (χ2n) is 7.34. The summed E-state index contributed by atoms with van der Waals surface area (Å²) in [4.78, 5) is 24.2. The van der Waals surface area contributed by atoms with E-state index >= 15 is 0 Å². The average molecular weight is 418 g/mol. The first-order chi connectivity index (χ1) is 15.0. The van der Waals surface area contributed by atoms with Gasteiger partial charge < -0.3 is 14.2 Å². The molecule has 0 fully saturated rings. The average Bonchev–Trinajstić information content (AvgIpc) is 2.76. The minimum Gasteiger partial charge on any atom is -0.482 e. The Bertz CT molecular complexity index is 989. The van der Waals surface area contributed by atoms with Gasteiger partial charge in [-0.25, -0.2) is 9.59 Å². The van der Waals surface area contributed by atoms with Crippen molar-refractivity contribution in [1.29, 1.82) is 0 Å². The van der Waals surface area contributed by atoms with Gasteiger partial charge in [0.15, 0.2) is 6.61 Å². The van der Waals surface area contributed by atoms with Crippen LogP contribution in [0.15, 0.2) is 72.8 Å². The molecule has 31 heavy (non-hydrogen) atoms. The molecule has 5 nitrogen and oxygen atoms in total. The van der Waals surface area contributed by atoms with E-state index < -0.39 is 11.9 Å². The molecule has 0 aromatic heterocycles. The maximum atomic E-state index is 12.2. The van der Waals surface area contributed by atoms with Crippen LogP contribution in [-0.4, -0.2) is 25.2 Å². The molecule has 0 N–H and O–H groups in total. The van der Waals surface area contributed by atoms with E-state index in [-0.39, 0.29) is 6.61 Å². The summed E-state index contributed by atoms with van der Waals surface area (Å²) in [6, 6.07) is 22.1. The molecule has 0 heterocycles. The number of aryl methyl sites for hydroxylation is 3. The lowest BCUT2D eigenvalue weighted by Gasteiger charge is -2.09. The van der Waals surface area contributed by atoms with Gasteiger partial charge in [0.05, 0.1) is 12.2 Å². The Kier molecular flexibility index (Phi) is 7.82. The maximum absolute atomic E-state index is 12.2. The molecule has 3 rings (SSSR count). The van der Waals surface area contributed by atoms with Crippen LogP contribution in [0.3, 0.4) is 0 Å². The van der Waals surface area contributed by atoms with Crippen LogP contribution in [0.2, 0.25) is 0 Å². The van der Waals surface area contributed by atoms with E-state index in [2.05, 4.69) is 12.1 Å². The topological polar surface area (TPSA) is 61.8 Å². The minimum absolute atomic E-state index is 0.200. The van der Waals surface area contributed by atoms with Crippen LogP contribution in [0.25, 0.3) is 0 Å². The van der Waals surface area contributed by atoms with Gasteiger partial charge in [0.25, 0.3) is 0 Å². The normalized spacial score (nSPS) is 10.4. The van der Waals surface area contributed by atoms with E-state index in [1.807, 2.05) is 50.2 Å². The Balaban J connectivity index is 1.41. The van der Waals surface area contributed by atoms with Gasteiger partial charge >= 0.3 is 11.9 Å². The first-order valence-electron chi connectivity index (χ1n) is 10.2. The molecule has 0 aliphatic rings. The number of esters is 2. The highest BCUT2D eigenvalue weighted by Gasteiger charge is 2.10. The van der Waals surface area contributed by atoms with E-state index in [4.69, 9.17) is 14.2 Å². The summed E-state index contributed by atoms with van der Waals surface area (Å²) in [6.07, 6.45) is 1.61. The molecule has 5 heteroatoms. The lowest BCUT2D eigenvalue weighted by Crippen LogP contribution is -2.17. The molecular weight excluding hydrogens is 392 g/mol. The first kappa shape index (κ1) is 22.1. The molecule has 0 aliphatic heterocycles. The van der Waals surface area contributed by atoms with Crippen molar-refractivity contribution in [2.24, 2.45) is 0 Å². The number of carbonyl (C=O) groups excluding carboxylic acids is 2. The molecule has 3 aromatic carbocycles. The van der Waals surface area contributed by atoms with Crippen LogP contribution in [0.4, 0.5) is 0 Å². The summed E-state index contributed by atoms with van der Waals surface area (Å²) >= 11 is 0. The van der Waals surface area contributed by atoms with Crippen molar-refractivity contribution in [1.82, 2.24) is 0 Å². The fourth-order valence-corrected chi connectivity index (χ4v) is 3.15. The van der Waals surface area contributed by atoms with Gasteiger partial charge in [-0.2, -0.15) is 0 Å². The monoisotopic (exact) mass is 418 g/mol. The minimum atomic E-state index is -0.518. The van der Waals surface area contributed by atoms with Crippen LogP contribution < -0.4 is 9.47 Å². The van der Waals surface area contributed by atoms with Gasteiger partial charge in [-0.05, 0) is 79.8 Å². The Morgan fingerprint density at radius 2 is 1.48 bits per heavy atom. The van der Waals surface area contributed by atoms with Gasteiger partial charge in [0.1, 0.15) is 11.5 Å². The number of benzene rings is 3. The maximum Gasteiger partial charge on any atom is 0.349 e. The molecule has 0 aliphatic carbocycles. The van der Waals surface area contributed by atoms with Gasteiger partial charge in [-0.3, -0.25) is 0 Å². The molecule has 0 bridgehead atoms. The number of rotatable bonds is 9. The molecule has 3 aromatic rings. The van der Waals surface area contributed by atoms with Crippen molar-refractivity contribution < 1.29 is 23.8 Å². The number of hydrogen-bond donors (Lipinski definition) is 0. The largest absolute Gasteiger partial charge is 0.482 e. The summed E-state index contributed by atoms with van der Waals surface area (Å²) in [6.45, 7) is 4.08. The summed E-state index contributed by atoms with van der Waals surface area (Å²) in [5, 5.41) is 0. The van der Waals surface area contributed by atoms with E-state index in [1.54, 1.807) is 24.3 Å². The summed E-state index contributed by atoms with van der Waals surface area (Å²) < 4.78 is 16.1. The lowest BCUT2D eigenvalue weighted by atomic mass is 10.1. The highest BCUT2D eigenvalue weighted by molar-refractivity contribution is 5.89. The Labute approximate surface area is 182 Å². The summed E-state index contributed by atoms with van der Waals surface area (Å²) in [7, 11) is 0. The van der Waals surface area contributed by atoms with Crippen molar-refractivity contribution in [3.05, 3.63) is 95.1 Å². The second kappa shape index (κ2) is 11.0. The highest BCUT2D eigenvalue weighted by Crippen LogP contribution is 2.17. The van der Waals surface area contributed by atoms with Crippen molar-refractivity contribution in [3.63, 3.8) is 0 Å². The van der Waals surface area contributed by atoms with E-state index in [0.717, 1.165) is 24.0 Å². The van der Waals surface area contributed by atoms with Gasteiger partial charge in [0, 0.05) is 0 Å². The van der Waals surface area contributed by atoms with Gasteiger partial charge in [-0.15, -0.1) is 0 Å². The van der Waals surface area contributed by atoms with Crippen LogP contribution >= 0.6 is 0 Å². The summed E-state index contributed by atoms with van der Waals surface area (Å²) in [5.41, 5.74) is 3.74. The van der Waals surface area contributed by atoms with Crippen LogP contribution in [0.5, 0.6) is 11.5 Å². The number of hydrogen-bond acceptors (Lipinski definition) is 5. The molecule has 0 unspecified atom stereocenters. The van der Waals surface area contributed by atoms with Crippen molar-refractivity contribution in [2.75, 3.05) is 13.2 Å². The van der Waals surface area contributed by atoms with E-state index in [9.17, 15) is 9.59 Å². The van der Waals surface area contributed by atoms with Crippen LogP contribution in [0.1, 0.15) is 33.5 Å². The van der Waals surface area contributed by atoms with Crippen LogP contribution in [-0.2, 0) is 16.0 Å². The zero-order valence-corrected chi connectivity index (χ0v) is 17.8. The SMILES string of the molecule is Cc1cc(C)cc(OCC(=O)Oc2ccc(C(=O)OCCCc3ccccc3)cc2)c1. The fourth-order valence-electron chi connectivity index (χ4n) is 3.15. The second-order valence-corrected chi connectivity index (χ2v) is 7.34. The quantitative estimate of drug-likeness (QED) is 0.276. The predicted octanol–water partition coefficient (Wildman–Crippen LogP) is 5.08. The third-order valence-corrected chi connectivity index (χ3v) is 4.56. The van der Waals surface area contributed by atoms with Gasteiger partial charge in [-0.1, -0.05) is 36.4 Å². The number of carbonyl (C=O) groups is 2. The zero-order valence-electron chi connectivity index (χ0n) is 17.8. The van der Waals surface area contributed by atoms with E-state index in [1.165, 1.54) is 5.56 Å². The molecular formula is C26H26O5. The highest BCUT2D eigenvalue weighted by atomic mass is 16.6. The van der Waals surface area contributed by atoms with Crippen LogP contribution in [0, 0.1) is 13.8 Å². The number of ether oxygens (including phenoxy) is 3. The first-order valence-corrected chi connectivity index (χ1v) is 10.2. The molecule has 0 radical (unpaired) electrons. The van der Waals surface area contributed by atoms with Gasteiger partial charge in [0.2, 0.25) is 0 Å². The van der Waals surface area contributed by atoms with Crippen molar-refractivity contribution in [3.8, 4) is 11.5 Å². The van der Waals surface area contributed by atoms with Crippen molar-refractivity contribution >= 4 is 11.9 Å². The molecule has 0 atom stereocenters. The Hall–Kier alpha value is -3.60. The Morgan fingerprint density at radius 1 is 0.806 bits per heavy atom. The smallest absolute Gasteiger partial charge is 0.349 e. The lowest BCUT2D eigenvalue weighted by molar-refractivity contribution is -0.136. The molecule has 0 spiro atoms. The third kappa shape index (κ3) is 7.30. The standard InChI is InChI=1S/C26H26O5/c1-19-15-20(2)17-24(16-19)30-18-25(27)31-23-12-10-22(11-13-23)26(28)29-14-6-9-21-7-4-3-5-8-21/h3-5,7-8,10-13,15-17H,6,9,14,18H2,1-2H3. The molecule has 160 valence electrons. The predicted molar refractivity (Wildman–Crippen MR) is 119 cm³/mol. The summed E-state index contributed by atoms with van der Waals surface area (Å²) in [5.74, 6) is 0.0499. The molecule has 0 amide bonds. The zero-order chi connectivity index (χ0) is 22.1. The van der Waals surface area contributed by atoms with E-state index in [0.29, 0.717) is 23.7 Å². The fraction of sp³-hybridized carbons (Fsp3) is 0.231. The third-order valence-electron chi connectivity index (χ3n) is 4.56. The van der Waals surface area contributed by atoms with Crippen molar-refractivity contribution in [2.45, 2.75) is 26.7 Å².